The Hall–Kier alpha value is -2.73. The molecule has 0 bridgehead atoms. The molecule has 9 heteroatoms. The van der Waals surface area contributed by atoms with Gasteiger partial charge in [0.2, 0.25) is 11.8 Å². The Morgan fingerprint density at radius 2 is 1.78 bits per heavy atom. The van der Waals surface area contributed by atoms with E-state index in [1.54, 1.807) is 32.5 Å². The first-order valence-electron chi connectivity index (χ1n) is 13.0. The van der Waals surface area contributed by atoms with Crippen molar-refractivity contribution in [2.75, 3.05) is 18.6 Å². The summed E-state index contributed by atoms with van der Waals surface area (Å²) in [5.74, 6) is -0.170. The third kappa shape index (κ3) is 9.26. The van der Waals surface area contributed by atoms with E-state index < -0.39 is 29.7 Å². The van der Waals surface area contributed by atoms with Gasteiger partial charge in [0.15, 0.2) is 0 Å². The van der Waals surface area contributed by atoms with E-state index in [9.17, 15) is 19.6 Å². The van der Waals surface area contributed by atoms with Gasteiger partial charge in [0.1, 0.15) is 24.2 Å². The van der Waals surface area contributed by atoms with Crippen LogP contribution in [-0.4, -0.2) is 59.0 Å². The van der Waals surface area contributed by atoms with Crippen LogP contribution in [0.2, 0.25) is 0 Å². The van der Waals surface area contributed by atoms with Crippen LogP contribution in [0, 0.1) is 25.2 Å². The van der Waals surface area contributed by atoms with Gasteiger partial charge in [-0.15, -0.1) is 0 Å². The highest BCUT2D eigenvalue weighted by Gasteiger charge is 2.38. The molecule has 1 aromatic rings. The number of nitriles is 1. The van der Waals surface area contributed by atoms with E-state index in [-0.39, 0.29) is 18.5 Å². The smallest absolute Gasteiger partial charge is 0.408 e. The molecule has 1 fully saturated rings. The zero-order chi connectivity index (χ0) is 27.6. The lowest BCUT2D eigenvalue weighted by molar-refractivity contribution is -0.142. The topological polar surface area (TPSA) is 112 Å². The molecule has 37 heavy (non-hydrogen) atoms. The summed E-state index contributed by atoms with van der Waals surface area (Å²) < 4.78 is 5.40. The Bertz CT molecular complexity index is 959. The molecule has 204 valence electrons. The molecular formula is C28H42N4O4S. The van der Waals surface area contributed by atoms with Gasteiger partial charge in [0.05, 0.1) is 6.07 Å². The minimum atomic E-state index is -0.993. The molecule has 8 nitrogen and oxygen atoms in total. The summed E-state index contributed by atoms with van der Waals surface area (Å²) in [6.07, 6.45) is 6.59. The fraction of sp³-hybridized carbons (Fsp3) is 0.643. The largest absolute Gasteiger partial charge is 0.444 e. The van der Waals surface area contributed by atoms with E-state index >= 15 is 0 Å². The van der Waals surface area contributed by atoms with Crippen LogP contribution >= 0.6 is 11.8 Å². The van der Waals surface area contributed by atoms with Crippen LogP contribution in [0.15, 0.2) is 18.2 Å². The average Bonchev–Trinajstić information content (AvgIpc) is 2.82. The van der Waals surface area contributed by atoms with E-state index in [1.807, 2.05) is 38.3 Å². The standard InChI is InChI=1S/C28H42N4O4S/c1-19-11-10-12-20(2)23(19)24(25(33)30-21-13-8-7-9-14-21)32(17-16-29)26(34)22(15-18-37-6)31-27(35)36-28(3,4)5/h10-12,21-22,24H,7-9,13-15,17-18H2,1-6H3,(H,30,33)(H,31,35). The number of nitrogens with zero attached hydrogens (tertiary/aromatic N) is 2. The molecule has 2 N–H and O–H groups in total. The van der Waals surface area contributed by atoms with Gasteiger partial charge in [-0.2, -0.15) is 17.0 Å². The average molecular weight is 531 g/mol. The number of aryl methyl sites for hydroxylation is 2. The zero-order valence-corrected chi connectivity index (χ0v) is 23.9. The van der Waals surface area contributed by atoms with Gasteiger partial charge in [-0.1, -0.05) is 37.5 Å². The van der Waals surface area contributed by atoms with Crippen LogP contribution in [0.1, 0.15) is 82.0 Å². The molecule has 1 aliphatic carbocycles. The molecule has 3 amide bonds. The molecular weight excluding hydrogens is 488 g/mol. The van der Waals surface area contributed by atoms with Crippen molar-refractivity contribution in [3.8, 4) is 6.07 Å². The number of ether oxygens (including phenoxy) is 1. The SMILES string of the molecule is CSCCC(NC(=O)OC(C)(C)C)C(=O)N(CC#N)C(C(=O)NC1CCCCC1)c1c(C)cccc1C. The van der Waals surface area contributed by atoms with Gasteiger partial charge in [0, 0.05) is 6.04 Å². The maximum absolute atomic E-state index is 14.0. The third-order valence-corrected chi connectivity index (χ3v) is 7.09. The number of thioether (sulfide) groups is 1. The van der Waals surface area contributed by atoms with Crippen LogP contribution in [0.4, 0.5) is 4.79 Å². The Kier molecular flexibility index (Phi) is 11.8. The van der Waals surface area contributed by atoms with Gasteiger partial charge in [0.25, 0.3) is 0 Å². The van der Waals surface area contributed by atoms with E-state index in [0.29, 0.717) is 17.7 Å². The van der Waals surface area contributed by atoms with Crippen LogP contribution in [0.25, 0.3) is 0 Å². The second kappa shape index (κ2) is 14.3. The first-order chi connectivity index (χ1) is 17.5. The first-order valence-corrected chi connectivity index (χ1v) is 14.4. The molecule has 0 heterocycles. The number of hydrogen-bond acceptors (Lipinski definition) is 6. The fourth-order valence-electron chi connectivity index (χ4n) is 4.73. The van der Waals surface area contributed by atoms with Crippen LogP contribution in [0.5, 0.6) is 0 Å². The molecule has 2 atom stereocenters. The lowest BCUT2D eigenvalue weighted by atomic mass is 9.91. The number of carbonyl (C=O) groups excluding carboxylic acids is 3. The van der Waals surface area contributed by atoms with Gasteiger partial charge in [-0.25, -0.2) is 4.79 Å². The van der Waals surface area contributed by atoms with Gasteiger partial charge in [-0.05, 0) is 82.6 Å². The molecule has 0 spiro atoms. The summed E-state index contributed by atoms with van der Waals surface area (Å²) >= 11 is 1.54. The van der Waals surface area contributed by atoms with Gasteiger partial charge < -0.3 is 20.3 Å². The predicted octanol–water partition coefficient (Wildman–Crippen LogP) is 4.79. The normalized spacial score (nSPS) is 15.7. The Balaban J connectivity index is 2.48. The zero-order valence-electron chi connectivity index (χ0n) is 23.1. The number of hydrogen-bond donors (Lipinski definition) is 2. The molecule has 0 radical (unpaired) electrons. The minimum Gasteiger partial charge on any atom is -0.444 e. The Morgan fingerprint density at radius 3 is 2.32 bits per heavy atom. The second-order valence-corrected chi connectivity index (χ2v) is 11.6. The highest BCUT2D eigenvalue weighted by molar-refractivity contribution is 7.98. The number of rotatable bonds is 10. The number of alkyl carbamates (subject to hydrolysis) is 1. The summed E-state index contributed by atoms with van der Waals surface area (Å²) in [6, 6.07) is 5.90. The minimum absolute atomic E-state index is 0.0410. The Morgan fingerprint density at radius 1 is 1.16 bits per heavy atom. The van der Waals surface area contributed by atoms with E-state index in [0.717, 1.165) is 43.2 Å². The third-order valence-electron chi connectivity index (χ3n) is 6.45. The molecule has 2 unspecified atom stereocenters. The Labute approximate surface area is 225 Å². The molecule has 1 saturated carbocycles. The number of nitrogens with one attached hydrogen (secondary N) is 2. The number of benzene rings is 1. The van der Waals surface area contributed by atoms with Crippen molar-refractivity contribution in [3.05, 3.63) is 34.9 Å². The molecule has 1 aliphatic rings. The summed E-state index contributed by atoms with van der Waals surface area (Å²) in [5, 5.41) is 15.6. The fourth-order valence-corrected chi connectivity index (χ4v) is 5.20. The molecule has 2 rings (SSSR count). The van der Waals surface area contributed by atoms with Crippen molar-refractivity contribution in [2.24, 2.45) is 0 Å². The summed E-state index contributed by atoms with van der Waals surface area (Å²) in [4.78, 5) is 41.8. The predicted molar refractivity (Wildman–Crippen MR) is 147 cm³/mol. The first kappa shape index (κ1) is 30.5. The van der Waals surface area contributed by atoms with Gasteiger partial charge >= 0.3 is 6.09 Å². The molecule has 0 aliphatic heterocycles. The van der Waals surface area contributed by atoms with E-state index in [4.69, 9.17) is 4.74 Å². The van der Waals surface area contributed by atoms with Crippen molar-refractivity contribution in [1.82, 2.24) is 15.5 Å². The molecule has 1 aromatic carbocycles. The number of amides is 3. The molecule has 0 saturated heterocycles. The second-order valence-electron chi connectivity index (χ2n) is 10.7. The monoisotopic (exact) mass is 530 g/mol. The lowest BCUT2D eigenvalue weighted by Gasteiger charge is -2.35. The van der Waals surface area contributed by atoms with Crippen molar-refractivity contribution in [2.45, 2.75) is 96.9 Å². The van der Waals surface area contributed by atoms with Crippen molar-refractivity contribution in [1.29, 1.82) is 5.26 Å². The van der Waals surface area contributed by atoms with Crippen molar-refractivity contribution < 1.29 is 19.1 Å². The maximum Gasteiger partial charge on any atom is 0.408 e. The van der Waals surface area contributed by atoms with Crippen molar-refractivity contribution >= 4 is 29.7 Å². The van der Waals surface area contributed by atoms with Crippen LogP contribution < -0.4 is 10.6 Å². The highest BCUT2D eigenvalue weighted by Crippen LogP contribution is 2.30. The van der Waals surface area contributed by atoms with E-state index in [1.165, 1.54) is 4.90 Å². The maximum atomic E-state index is 14.0. The van der Waals surface area contributed by atoms with Crippen LogP contribution in [0.3, 0.4) is 0 Å². The lowest BCUT2D eigenvalue weighted by Crippen LogP contribution is -2.54. The quantitative estimate of drug-likeness (QED) is 0.421. The van der Waals surface area contributed by atoms with Crippen LogP contribution in [-0.2, 0) is 14.3 Å². The van der Waals surface area contributed by atoms with Crippen molar-refractivity contribution in [3.63, 3.8) is 0 Å². The number of carbonyl (C=O) groups is 3. The molecule has 0 aromatic heterocycles. The highest BCUT2D eigenvalue weighted by atomic mass is 32.2. The summed E-state index contributed by atoms with van der Waals surface area (Å²) in [7, 11) is 0. The van der Waals surface area contributed by atoms with E-state index in [2.05, 4.69) is 16.7 Å². The summed E-state index contributed by atoms with van der Waals surface area (Å²) in [6.45, 7) is 8.77. The van der Waals surface area contributed by atoms with Gasteiger partial charge in [-0.3, -0.25) is 9.59 Å². The summed E-state index contributed by atoms with van der Waals surface area (Å²) in [5.41, 5.74) is 1.70.